The van der Waals surface area contributed by atoms with Crippen LogP contribution in [-0.4, -0.2) is 29.7 Å². The van der Waals surface area contributed by atoms with Gasteiger partial charge in [-0.1, -0.05) is 6.92 Å². The Hall–Kier alpha value is -1.88. The van der Waals surface area contributed by atoms with Gasteiger partial charge in [-0.2, -0.15) is 0 Å². The Bertz CT molecular complexity index is 514. The molecule has 0 aliphatic carbocycles. The molecule has 1 unspecified atom stereocenters. The summed E-state index contributed by atoms with van der Waals surface area (Å²) >= 11 is 0. The lowest BCUT2D eigenvalue weighted by Gasteiger charge is -2.17. The molecule has 0 aliphatic heterocycles. The van der Waals surface area contributed by atoms with Gasteiger partial charge in [-0.05, 0) is 31.5 Å². The van der Waals surface area contributed by atoms with Gasteiger partial charge in [0.05, 0.1) is 13.4 Å². The van der Waals surface area contributed by atoms with Crippen LogP contribution >= 0.6 is 0 Å². The highest BCUT2D eigenvalue weighted by Gasteiger charge is 2.12. The van der Waals surface area contributed by atoms with Crippen molar-refractivity contribution in [2.24, 2.45) is 0 Å². The number of methoxy groups -OCH3 is 1. The van der Waals surface area contributed by atoms with Crippen LogP contribution in [0.1, 0.15) is 31.2 Å². The van der Waals surface area contributed by atoms with Gasteiger partial charge in [-0.15, -0.1) is 0 Å². The molecule has 0 fully saturated rings. The molecule has 2 aromatic heterocycles. The van der Waals surface area contributed by atoms with E-state index in [2.05, 4.69) is 22.2 Å². The number of furan rings is 1. The predicted molar refractivity (Wildman–Crippen MR) is 81.4 cm³/mol. The molecule has 0 spiro atoms. The van der Waals surface area contributed by atoms with Crippen molar-refractivity contribution in [3.63, 3.8) is 0 Å². The van der Waals surface area contributed by atoms with E-state index in [1.165, 1.54) is 0 Å². The summed E-state index contributed by atoms with van der Waals surface area (Å²) in [4.78, 5) is 8.37. The lowest BCUT2D eigenvalue weighted by Crippen LogP contribution is -2.32. The first-order chi connectivity index (χ1) is 10.3. The molecule has 0 saturated carbocycles. The fourth-order valence-electron chi connectivity index (χ4n) is 2.25. The molecule has 5 heteroatoms. The van der Waals surface area contributed by atoms with E-state index in [0.717, 1.165) is 43.7 Å². The van der Waals surface area contributed by atoms with Crippen LogP contribution in [0.15, 0.2) is 35.2 Å². The summed E-state index contributed by atoms with van der Waals surface area (Å²) < 4.78 is 10.6. The Morgan fingerprint density at radius 1 is 1.38 bits per heavy atom. The highest BCUT2D eigenvalue weighted by atomic mass is 16.5. The Morgan fingerprint density at radius 3 is 3.00 bits per heavy atom. The Balaban J connectivity index is 1.94. The average Bonchev–Trinajstić information content (AvgIpc) is 3.03. The number of nitrogens with one attached hydrogen (secondary N) is 1. The summed E-state index contributed by atoms with van der Waals surface area (Å²) in [5.74, 6) is 1.64. The lowest BCUT2D eigenvalue weighted by atomic mass is 10.0. The molecule has 114 valence electrons. The zero-order chi connectivity index (χ0) is 14.9. The van der Waals surface area contributed by atoms with Crippen molar-refractivity contribution in [3.05, 3.63) is 42.2 Å². The first kappa shape index (κ1) is 15.5. The lowest BCUT2D eigenvalue weighted by molar-refractivity contribution is 0.394. The maximum Gasteiger partial charge on any atom is 0.216 e. The van der Waals surface area contributed by atoms with Crippen LogP contribution in [0, 0.1) is 0 Å². The smallest absolute Gasteiger partial charge is 0.216 e. The molecule has 2 heterocycles. The van der Waals surface area contributed by atoms with Gasteiger partial charge in [0.25, 0.3) is 0 Å². The number of ether oxygens (including phenoxy) is 1. The third-order valence-electron chi connectivity index (χ3n) is 3.37. The molecular weight excluding hydrogens is 266 g/mol. The third-order valence-corrected chi connectivity index (χ3v) is 3.37. The normalized spacial score (nSPS) is 12.3. The summed E-state index contributed by atoms with van der Waals surface area (Å²) in [5, 5.41) is 3.57. The van der Waals surface area contributed by atoms with E-state index in [0.29, 0.717) is 11.9 Å². The maximum absolute atomic E-state index is 5.40. The number of nitrogens with zero attached hydrogens (tertiary/aromatic N) is 2. The second-order valence-electron chi connectivity index (χ2n) is 5.02. The molecule has 1 N–H and O–H groups in total. The van der Waals surface area contributed by atoms with Crippen LogP contribution < -0.4 is 10.1 Å². The molecule has 21 heavy (non-hydrogen) atoms. The molecular formula is C16H23N3O2. The van der Waals surface area contributed by atoms with Crippen molar-refractivity contribution in [1.29, 1.82) is 0 Å². The quantitative estimate of drug-likeness (QED) is 0.769. The van der Waals surface area contributed by atoms with Crippen molar-refractivity contribution in [2.75, 3.05) is 13.7 Å². The van der Waals surface area contributed by atoms with Gasteiger partial charge < -0.3 is 14.5 Å². The van der Waals surface area contributed by atoms with Crippen LogP contribution in [0.25, 0.3) is 0 Å². The van der Waals surface area contributed by atoms with Gasteiger partial charge in [0.15, 0.2) is 0 Å². The fourth-order valence-corrected chi connectivity index (χ4v) is 2.25. The van der Waals surface area contributed by atoms with Gasteiger partial charge in [0.2, 0.25) is 5.88 Å². The molecule has 5 nitrogen and oxygen atoms in total. The zero-order valence-corrected chi connectivity index (χ0v) is 12.7. The third kappa shape index (κ3) is 5.19. The summed E-state index contributed by atoms with van der Waals surface area (Å²) in [7, 11) is 1.62. The van der Waals surface area contributed by atoms with Gasteiger partial charge >= 0.3 is 0 Å². The minimum Gasteiger partial charge on any atom is -0.481 e. The topological polar surface area (TPSA) is 60.2 Å². The monoisotopic (exact) mass is 289 g/mol. The van der Waals surface area contributed by atoms with Gasteiger partial charge in [-0.3, -0.25) is 0 Å². The summed E-state index contributed by atoms with van der Waals surface area (Å²) in [6.07, 6.45) is 7.19. The number of rotatable bonds is 9. The molecule has 2 aromatic rings. The molecule has 0 amide bonds. The van der Waals surface area contributed by atoms with Gasteiger partial charge in [-0.25, -0.2) is 9.97 Å². The Kier molecular flexibility index (Phi) is 6.22. The van der Waals surface area contributed by atoms with Crippen LogP contribution in [0.2, 0.25) is 0 Å². The summed E-state index contributed by atoms with van der Waals surface area (Å²) in [5.41, 5.74) is 0.995. The van der Waals surface area contributed by atoms with Crippen LogP contribution in [0.4, 0.5) is 0 Å². The standard InChI is InChI=1S/C16H23N3O2/c1-3-8-17-13(6-7-15-5-4-9-21-15)10-14-11-16(20-2)19-12-18-14/h4-5,9,11-13,17H,3,6-8,10H2,1-2H3. The van der Waals surface area contributed by atoms with Crippen molar-refractivity contribution in [1.82, 2.24) is 15.3 Å². The second-order valence-corrected chi connectivity index (χ2v) is 5.02. The van der Waals surface area contributed by atoms with E-state index >= 15 is 0 Å². The number of hydrogen-bond donors (Lipinski definition) is 1. The molecule has 0 saturated heterocycles. The minimum absolute atomic E-state index is 0.370. The SMILES string of the molecule is CCCNC(CCc1ccco1)Cc1cc(OC)ncn1. The summed E-state index contributed by atoms with van der Waals surface area (Å²) in [6, 6.07) is 6.21. The molecule has 1 atom stereocenters. The highest BCUT2D eigenvalue weighted by Crippen LogP contribution is 2.12. The number of hydrogen-bond acceptors (Lipinski definition) is 5. The maximum atomic E-state index is 5.40. The van der Waals surface area contributed by atoms with Crippen molar-refractivity contribution in [2.45, 2.75) is 38.6 Å². The minimum atomic E-state index is 0.370. The second kappa shape index (κ2) is 8.42. The Labute approximate surface area is 125 Å². The molecule has 0 aromatic carbocycles. The summed E-state index contributed by atoms with van der Waals surface area (Å²) in [6.45, 7) is 3.18. The number of aryl methyl sites for hydroxylation is 1. The van der Waals surface area contributed by atoms with Gasteiger partial charge in [0.1, 0.15) is 12.1 Å². The van der Waals surface area contributed by atoms with E-state index in [1.807, 2.05) is 18.2 Å². The Morgan fingerprint density at radius 2 is 2.29 bits per heavy atom. The van der Waals surface area contributed by atoms with Crippen molar-refractivity contribution < 1.29 is 9.15 Å². The molecule has 2 rings (SSSR count). The van der Waals surface area contributed by atoms with E-state index in [1.54, 1.807) is 19.7 Å². The fraction of sp³-hybridized carbons (Fsp3) is 0.500. The zero-order valence-electron chi connectivity index (χ0n) is 12.7. The first-order valence-electron chi connectivity index (χ1n) is 7.42. The molecule has 0 radical (unpaired) electrons. The molecule has 0 aliphatic rings. The first-order valence-corrected chi connectivity index (χ1v) is 7.42. The van der Waals surface area contributed by atoms with E-state index in [-0.39, 0.29) is 0 Å². The van der Waals surface area contributed by atoms with E-state index < -0.39 is 0 Å². The van der Waals surface area contributed by atoms with Crippen LogP contribution in [0.5, 0.6) is 5.88 Å². The predicted octanol–water partition coefficient (Wildman–Crippen LogP) is 2.62. The van der Waals surface area contributed by atoms with Crippen molar-refractivity contribution >= 4 is 0 Å². The van der Waals surface area contributed by atoms with Crippen molar-refractivity contribution in [3.8, 4) is 5.88 Å². The largest absolute Gasteiger partial charge is 0.481 e. The van der Waals surface area contributed by atoms with Gasteiger partial charge in [0, 0.05) is 30.6 Å². The van der Waals surface area contributed by atoms with Crippen LogP contribution in [-0.2, 0) is 12.8 Å². The molecule has 0 bridgehead atoms. The van der Waals surface area contributed by atoms with Crippen LogP contribution in [0.3, 0.4) is 0 Å². The van der Waals surface area contributed by atoms with E-state index in [4.69, 9.17) is 9.15 Å². The average molecular weight is 289 g/mol. The number of aromatic nitrogens is 2. The van der Waals surface area contributed by atoms with E-state index in [9.17, 15) is 0 Å². The highest BCUT2D eigenvalue weighted by molar-refractivity contribution is 5.14.